The lowest BCUT2D eigenvalue weighted by molar-refractivity contribution is 0.560. The highest BCUT2D eigenvalue weighted by Crippen LogP contribution is 2.15. The lowest BCUT2D eigenvalue weighted by Gasteiger charge is -2.18. The highest BCUT2D eigenvalue weighted by molar-refractivity contribution is 7.92. The van der Waals surface area contributed by atoms with Crippen LogP contribution < -0.4 is 10.6 Å². The molecule has 138 valence electrons. The summed E-state index contributed by atoms with van der Waals surface area (Å²) in [6.07, 6.45) is 3.77. The smallest absolute Gasteiger partial charge is 0.191 e. The number of hydrogen-bond acceptors (Lipinski definition) is 5. The van der Waals surface area contributed by atoms with Crippen molar-refractivity contribution >= 4 is 27.1 Å². The van der Waals surface area contributed by atoms with Gasteiger partial charge in [-0.25, -0.2) is 13.4 Å². The van der Waals surface area contributed by atoms with Gasteiger partial charge in [0, 0.05) is 30.6 Å². The van der Waals surface area contributed by atoms with Crippen molar-refractivity contribution in [2.75, 3.05) is 25.4 Å². The molecule has 8 heteroatoms. The fourth-order valence-electron chi connectivity index (χ4n) is 1.84. The van der Waals surface area contributed by atoms with Crippen LogP contribution in [0, 0.1) is 0 Å². The molecule has 0 spiro atoms. The second-order valence-electron chi connectivity index (χ2n) is 6.44. The molecule has 0 amide bonds. The van der Waals surface area contributed by atoms with Gasteiger partial charge in [0.25, 0.3) is 0 Å². The standard InChI is InChI=1S/C16H30N4O2S2/c1-6-13-12-20-14(23-13)8-9-18-15(17-7-2)19-10-11-24(21,22)16(3,4)5/h12H,6-11H2,1-5H3,(H2,17,18,19). The molecular weight excluding hydrogens is 344 g/mol. The highest BCUT2D eigenvalue weighted by atomic mass is 32.2. The molecule has 0 fully saturated rings. The number of aromatic nitrogens is 1. The van der Waals surface area contributed by atoms with Gasteiger partial charge in [-0.2, -0.15) is 0 Å². The fourth-order valence-corrected chi connectivity index (χ4v) is 3.65. The van der Waals surface area contributed by atoms with Gasteiger partial charge in [0.1, 0.15) is 0 Å². The van der Waals surface area contributed by atoms with Gasteiger partial charge in [0.05, 0.1) is 22.1 Å². The van der Waals surface area contributed by atoms with Gasteiger partial charge >= 0.3 is 0 Å². The summed E-state index contributed by atoms with van der Waals surface area (Å²) in [6.45, 7) is 11.0. The van der Waals surface area contributed by atoms with Crippen LogP contribution in [0.3, 0.4) is 0 Å². The van der Waals surface area contributed by atoms with E-state index in [1.54, 1.807) is 32.1 Å². The lowest BCUT2D eigenvalue weighted by Crippen LogP contribution is -2.39. The molecule has 0 unspecified atom stereocenters. The number of thiazole rings is 1. The molecule has 1 rings (SSSR count). The Bertz CT molecular complexity index is 631. The highest BCUT2D eigenvalue weighted by Gasteiger charge is 2.28. The Kier molecular flexibility index (Phi) is 8.15. The van der Waals surface area contributed by atoms with Crippen LogP contribution in [0.5, 0.6) is 0 Å². The molecule has 2 N–H and O–H groups in total. The molecule has 6 nitrogen and oxygen atoms in total. The minimum Gasteiger partial charge on any atom is -0.357 e. The van der Waals surface area contributed by atoms with Crippen LogP contribution >= 0.6 is 11.3 Å². The number of aryl methyl sites for hydroxylation is 1. The number of nitrogens with one attached hydrogen (secondary N) is 2. The Hall–Kier alpha value is -1.15. The molecule has 24 heavy (non-hydrogen) atoms. The van der Waals surface area contributed by atoms with Crippen molar-refractivity contribution < 1.29 is 8.42 Å². The van der Waals surface area contributed by atoms with Crippen molar-refractivity contribution in [2.45, 2.75) is 52.2 Å². The van der Waals surface area contributed by atoms with Gasteiger partial charge in [0.15, 0.2) is 15.8 Å². The monoisotopic (exact) mass is 374 g/mol. The van der Waals surface area contributed by atoms with Crippen LogP contribution in [0.1, 0.15) is 44.5 Å². The predicted molar refractivity (Wildman–Crippen MR) is 103 cm³/mol. The summed E-state index contributed by atoms with van der Waals surface area (Å²) in [5, 5.41) is 7.47. The lowest BCUT2D eigenvalue weighted by atomic mass is 10.3. The summed E-state index contributed by atoms with van der Waals surface area (Å²) < 4.78 is 23.5. The first-order chi connectivity index (χ1) is 11.2. The maximum Gasteiger partial charge on any atom is 0.191 e. The zero-order valence-electron chi connectivity index (χ0n) is 15.3. The molecule has 0 aliphatic heterocycles. The van der Waals surface area contributed by atoms with Gasteiger partial charge in [0.2, 0.25) is 0 Å². The minimum atomic E-state index is -3.14. The summed E-state index contributed by atoms with van der Waals surface area (Å²) >= 11 is 1.73. The Balaban J connectivity index is 2.50. The first-order valence-corrected chi connectivity index (χ1v) is 10.8. The SMILES string of the molecule is CCNC(=NCCS(=O)(=O)C(C)(C)C)NCCc1ncc(CC)s1. The third-order valence-electron chi connectivity index (χ3n) is 3.49. The molecule has 0 saturated carbocycles. The average Bonchev–Trinajstić information content (AvgIpc) is 2.94. The van der Waals surface area contributed by atoms with E-state index in [0.29, 0.717) is 12.5 Å². The number of guanidine groups is 1. The second-order valence-corrected chi connectivity index (χ2v) is 10.5. The third kappa shape index (κ3) is 6.76. The van der Waals surface area contributed by atoms with Gasteiger partial charge in [-0.05, 0) is 34.1 Å². The van der Waals surface area contributed by atoms with E-state index < -0.39 is 14.6 Å². The number of sulfone groups is 1. The van der Waals surface area contributed by atoms with E-state index in [-0.39, 0.29) is 12.3 Å². The summed E-state index contributed by atoms with van der Waals surface area (Å²) in [5.74, 6) is 0.702. The van der Waals surface area contributed by atoms with Crippen molar-refractivity contribution in [1.82, 2.24) is 15.6 Å². The van der Waals surface area contributed by atoms with E-state index in [4.69, 9.17) is 0 Å². The summed E-state index contributed by atoms with van der Waals surface area (Å²) in [6, 6.07) is 0. The molecule has 1 aromatic rings. The van der Waals surface area contributed by atoms with Crippen molar-refractivity contribution in [1.29, 1.82) is 0 Å². The molecule has 0 aliphatic carbocycles. The molecule has 0 saturated heterocycles. The number of hydrogen-bond donors (Lipinski definition) is 2. The Morgan fingerprint density at radius 2 is 2.00 bits per heavy atom. The van der Waals surface area contributed by atoms with Crippen molar-refractivity contribution in [2.24, 2.45) is 4.99 Å². The van der Waals surface area contributed by atoms with Crippen LogP contribution in [0.4, 0.5) is 0 Å². The topological polar surface area (TPSA) is 83.5 Å². The van der Waals surface area contributed by atoms with Gasteiger partial charge in [-0.1, -0.05) is 6.92 Å². The van der Waals surface area contributed by atoms with Crippen molar-refractivity contribution in [3.05, 3.63) is 16.1 Å². The maximum atomic E-state index is 12.1. The van der Waals surface area contributed by atoms with E-state index in [0.717, 1.165) is 24.4 Å². The van der Waals surface area contributed by atoms with Gasteiger partial charge < -0.3 is 10.6 Å². The van der Waals surface area contributed by atoms with Gasteiger partial charge in [-0.15, -0.1) is 11.3 Å². The first-order valence-electron chi connectivity index (χ1n) is 8.37. The second kappa shape index (κ2) is 9.36. The molecule has 0 aliphatic rings. The quantitative estimate of drug-likeness (QED) is 0.537. The van der Waals surface area contributed by atoms with Crippen molar-refractivity contribution in [3.8, 4) is 0 Å². The fraction of sp³-hybridized carbons (Fsp3) is 0.750. The normalized spacial score (nSPS) is 13.1. The molecule has 1 heterocycles. The Morgan fingerprint density at radius 1 is 1.29 bits per heavy atom. The third-order valence-corrected chi connectivity index (χ3v) is 7.28. The van der Waals surface area contributed by atoms with Crippen molar-refractivity contribution in [3.63, 3.8) is 0 Å². The summed E-state index contributed by atoms with van der Waals surface area (Å²) in [7, 11) is -3.14. The van der Waals surface area contributed by atoms with E-state index in [1.807, 2.05) is 13.1 Å². The Labute approximate surface area is 150 Å². The molecule has 0 atom stereocenters. The summed E-state index contributed by atoms with van der Waals surface area (Å²) in [4.78, 5) is 10.0. The average molecular weight is 375 g/mol. The number of rotatable bonds is 8. The molecule has 0 bridgehead atoms. The van der Waals surface area contributed by atoms with E-state index in [1.165, 1.54) is 4.88 Å². The van der Waals surface area contributed by atoms with Crippen LogP contribution in [0.15, 0.2) is 11.2 Å². The first kappa shape index (κ1) is 20.9. The number of nitrogens with zero attached hydrogens (tertiary/aromatic N) is 2. The predicted octanol–water partition coefficient (Wildman–Crippen LogP) is 2.02. The zero-order chi connectivity index (χ0) is 18.2. The van der Waals surface area contributed by atoms with Crippen LogP contribution in [-0.2, 0) is 22.7 Å². The Morgan fingerprint density at radius 3 is 2.54 bits per heavy atom. The summed E-state index contributed by atoms with van der Waals surface area (Å²) in [5.41, 5.74) is 0. The van der Waals surface area contributed by atoms with Crippen LogP contribution in [0.2, 0.25) is 0 Å². The largest absolute Gasteiger partial charge is 0.357 e. The zero-order valence-corrected chi connectivity index (χ0v) is 17.0. The maximum absolute atomic E-state index is 12.1. The molecule has 0 radical (unpaired) electrons. The van der Waals surface area contributed by atoms with E-state index in [9.17, 15) is 8.42 Å². The van der Waals surface area contributed by atoms with Gasteiger partial charge in [-0.3, -0.25) is 4.99 Å². The van der Waals surface area contributed by atoms with E-state index in [2.05, 4.69) is 27.5 Å². The molecular formula is C16H30N4O2S2. The minimum absolute atomic E-state index is 0.0550. The van der Waals surface area contributed by atoms with Crippen LogP contribution in [-0.4, -0.2) is 49.5 Å². The molecule has 0 aromatic carbocycles. The van der Waals surface area contributed by atoms with E-state index >= 15 is 0 Å². The van der Waals surface area contributed by atoms with Crippen LogP contribution in [0.25, 0.3) is 0 Å². The molecule has 1 aromatic heterocycles. The number of aliphatic imine (C=N–C) groups is 1.